The minimum Gasteiger partial charge on any atom is -0.169 e. The van der Waals surface area contributed by atoms with E-state index >= 15 is 0 Å². The van der Waals surface area contributed by atoms with Crippen molar-refractivity contribution in [1.29, 1.82) is 0 Å². The Morgan fingerprint density at radius 2 is 0.867 bits per heavy atom. The first kappa shape index (κ1) is 14.1. The monoisotopic (exact) mass is 220 g/mol. The lowest BCUT2D eigenvalue weighted by Crippen LogP contribution is -1.67. The Morgan fingerprint density at radius 1 is 0.667 bits per heavy atom. The fourth-order valence-electron chi connectivity index (χ4n) is 1.13. The van der Waals surface area contributed by atoms with Gasteiger partial charge >= 0.3 is 0 Å². The van der Waals surface area contributed by atoms with Crippen LogP contribution in [-0.4, -0.2) is 12.5 Å². The van der Waals surface area contributed by atoms with Crippen LogP contribution in [0.15, 0.2) is 48.5 Å². The molecule has 2 rings (SSSR count). The van der Waals surface area contributed by atoms with Gasteiger partial charge in [-0.05, 0) is 23.3 Å². The smallest absolute Gasteiger partial charge is 0.0184 e. The first-order chi connectivity index (χ1) is 7.38. The average molecular weight is 220 g/mol. The molecule has 82 valence electrons. The standard InChI is InChI=1S/C10H8.C2H6S.C2H6/c1-2-6-10-8-4-3-7-9(10)5-1;1-3-2;1-2/h1-8H;1-2H3;1-2H3. The molecule has 2 aromatic rings. The van der Waals surface area contributed by atoms with E-state index in [1.165, 1.54) is 10.8 Å². The molecule has 2 aromatic carbocycles. The zero-order chi connectivity index (χ0) is 11.5. The van der Waals surface area contributed by atoms with E-state index in [1.807, 2.05) is 26.4 Å². The Balaban J connectivity index is 0.000000342. The van der Waals surface area contributed by atoms with Gasteiger partial charge in [0.25, 0.3) is 0 Å². The van der Waals surface area contributed by atoms with E-state index in [0.717, 1.165) is 0 Å². The van der Waals surface area contributed by atoms with Gasteiger partial charge < -0.3 is 0 Å². The fourth-order valence-corrected chi connectivity index (χ4v) is 1.13. The summed E-state index contributed by atoms with van der Waals surface area (Å²) < 4.78 is 0. The Bertz CT molecular complexity index is 290. The van der Waals surface area contributed by atoms with Gasteiger partial charge in [0.2, 0.25) is 0 Å². The van der Waals surface area contributed by atoms with Crippen molar-refractivity contribution in [2.45, 2.75) is 13.8 Å². The molecule has 0 amide bonds. The highest BCUT2D eigenvalue weighted by Gasteiger charge is 1.85. The molecule has 0 saturated heterocycles. The summed E-state index contributed by atoms with van der Waals surface area (Å²) in [7, 11) is 0. The number of fused-ring (bicyclic) bond motifs is 1. The van der Waals surface area contributed by atoms with Gasteiger partial charge in [0.15, 0.2) is 0 Å². The molecule has 0 aliphatic heterocycles. The first-order valence-electron chi connectivity index (χ1n) is 5.22. The number of hydrogen-bond acceptors (Lipinski definition) is 1. The van der Waals surface area contributed by atoms with Crippen LogP contribution >= 0.6 is 11.8 Å². The summed E-state index contributed by atoms with van der Waals surface area (Å²) in [6, 6.07) is 16.7. The molecule has 0 heterocycles. The molecule has 0 N–H and O–H groups in total. The highest BCUT2D eigenvalue weighted by Crippen LogP contribution is 2.11. The lowest BCUT2D eigenvalue weighted by molar-refractivity contribution is 1.50. The molecule has 15 heavy (non-hydrogen) atoms. The molecule has 0 nitrogen and oxygen atoms in total. The SMILES string of the molecule is CC.CSC.c1ccc2ccccc2c1. The van der Waals surface area contributed by atoms with Crippen LogP contribution in [0.1, 0.15) is 13.8 Å². The molecule has 0 fully saturated rings. The zero-order valence-corrected chi connectivity index (χ0v) is 10.8. The van der Waals surface area contributed by atoms with E-state index in [0.29, 0.717) is 0 Å². The molecule has 0 bridgehead atoms. The van der Waals surface area contributed by atoms with Crippen LogP contribution in [0.4, 0.5) is 0 Å². The van der Waals surface area contributed by atoms with Gasteiger partial charge in [-0.3, -0.25) is 0 Å². The molecular weight excluding hydrogens is 200 g/mol. The topological polar surface area (TPSA) is 0 Å². The zero-order valence-electron chi connectivity index (χ0n) is 10.0. The quantitative estimate of drug-likeness (QED) is 0.612. The third-order valence-corrected chi connectivity index (χ3v) is 1.66. The molecule has 0 radical (unpaired) electrons. The summed E-state index contributed by atoms with van der Waals surface area (Å²) in [5, 5.41) is 2.62. The third kappa shape index (κ3) is 5.48. The largest absolute Gasteiger partial charge is 0.169 e. The van der Waals surface area contributed by atoms with E-state index in [1.54, 1.807) is 11.8 Å². The van der Waals surface area contributed by atoms with E-state index in [4.69, 9.17) is 0 Å². The van der Waals surface area contributed by atoms with Crippen molar-refractivity contribution in [2.24, 2.45) is 0 Å². The third-order valence-electron chi connectivity index (χ3n) is 1.66. The lowest BCUT2D eigenvalue weighted by atomic mass is 10.1. The molecule has 0 spiro atoms. The molecule has 0 aliphatic carbocycles. The maximum atomic E-state index is 2.12. The van der Waals surface area contributed by atoms with Crippen molar-refractivity contribution < 1.29 is 0 Å². The molecule has 0 saturated carbocycles. The molecule has 0 aliphatic rings. The van der Waals surface area contributed by atoms with Gasteiger partial charge in [0.1, 0.15) is 0 Å². The van der Waals surface area contributed by atoms with E-state index in [2.05, 4.69) is 48.5 Å². The normalized spacial score (nSPS) is 8.27. The van der Waals surface area contributed by atoms with Gasteiger partial charge in [-0.2, -0.15) is 11.8 Å². The minimum absolute atomic E-state index is 1.31. The molecule has 1 heteroatoms. The predicted molar refractivity (Wildman–Crippen MR) is 74.7 cm³/mol. The minimum atomic E-state index is 1.31. The van der Waals surface area contributed by atoms with Gasteiger partial charge in [0.05, 0.1) is 0 Å². The van der Waals surface area contributed by atoms with Crippen LogP contribution in [0, 0.1) is 0 Å². The predicted octanol–water partition coefficient (Wildman–Crippen LogP) is 4.85. The maximum absolute atomic E-state index is 2.12. The van der Waals surface area contributed by atoms with Gasteiger partial charge in [0, 0.05) is 0 Å². The summed E-state index contributed by atoms with van der Waals surface area (Å²) >= 11 is 1.75. The molecular formula is C14H20S. The summed E-state index contributed by atoms with van der Waals surface area (Å²) in [6.07, 6.45) is 4.08. The van der Waals surface area contributed by atoms with Gasteiger partial charge in [-0.1, -0.05) is 62.4 Å². The van der Waals surface area contributed by atoms with Crippen LogP contribution in [0.2, 0.25) is 0 Å². The second-order valence-corrected chi connectivity index (χ2v) is 3.57. The molecule has 0 aromatic heterocycles. The summed E-state index contributed by atoms with van der Waals surface area (Å²) in [5.74, 6) is 0. The molecule has 0 atom stereocenters. The Morgan fingerprint density at radius 3 is 1.07 bits per heavy atom. The average Bonchev–Trinajstić information content (AvgIpc) is 2.33. The Hall–Kier alpha value is -0.950. The van der Waals surface area contributed by atoms with E-state index in [9.17, 15) is 0 Å². The van der Waals surface area contributed by atoms with Crippen LogP contribution in [0.5, 0.6) is 0 Å². The second-order valence-electron chi connectivity index (χ2n) is 2.76. The van der Waals surface area contributed by atoms with Crippen molar-refractivity contribution in [3.63, 3.8) is 0 Å². The highest BCUT2D eigenvalue weighted by atomic mass is 32.2. The van der Waals surface area contributed by atoms with Crippen molar-refractivity contribution in [1.82, 2.24) is 0 Å². The van der Waals surface area contributed by atoms with Crippen molar-refractivity contribution in [3.8, 4) is 0 Å². The first-order valence-corrected chi connectivity index (χ1v) is 6.85. The highest BCUT2D eigenvalue weighted by molar-refractivity contribution is 7.97. The second kappa shape index (κ2) is 9.60. The number of thioether (sulfide) groups is 1. The van der Waals surface area contributed by atoms with Crippen LogP contribution in [-0.2, 0) is 0 Å². The lowest BCUT2D eigenvalue weighted by Gasteiger charge is -1.92. The summed E-state index contributed by atoms with van der Waals surface area (Å²) in [6.45, 7) is 4.00. The van der Waals surface area contributed by atoms with Crippen molar-refractivity contribution in [2.75, 3.05) is 12.5 Å². The maximum Gasteiger partial charge on any atom is -0.0184 e. The fraction of sp³-hybridized carbons (Fsp3) is 0.286. The van der Waals surface area contributed by atoms with Gasteiger partial charge in [-0.15, -0.1) is 0 Å². The van der Waals surface area contributed by atoms with Crippen LogP contribution < -0.4 is 0 Å². The van der Waals surface area contributed by atoms with E-state index in [-0.39, 0.29) is 0 Å². The number of hydrogen-bond donors (Lipinski definition) is 0. The van der Waals surface area contributed by atoms with Crippen molar-refractivity contribution in [3.05, 3.63) is 48.5 Å². The molecule has 0 unspecified atom stereocenters. The van der Waals surface area contributed by atoms with Crippen molar-refractivity contribution >= 4 is 22.5 Å². The number of rotatable bonds is 0. The summed E-state index contributed by atoms with van der Waals surface area (Å²) in [5.41, 5.74) is 0. The Kier molecular flexibility index (Phi) is 8.99. The summed E-state index contributed by atoms with van der Waals surface area (Å²) in [4.78, 5) is 0. The van der Waals surface area contributed by atoms with Gasteiger partial charge in [-0.25, -0.2) is 0 Å². The van der Waals surface area contributed by atoms with Crippen LogP contribution in [0.3, 0.4) is 0 Å². The number of benzene rings is 2. The Labute approximate surface area is 97.7 Å². The van der Waals surface area contributed by atoms with E-state index < -0.39 is 0 Å². The van der Waals surface area contributed by atoms with Crippen LogP contribution in [0.25, 0.3) is 10.8 Å².